The Kier molecular flexibility index (Phi) is 10.5. The fraction of sp³-hybridized carbons (Fsp3) is 0.878. The van der Waals surface area contributed by atoms with E-state index >= 15 is 0 Å². The third kappa shape index (κ3) is 5.85. The van der Waals surface area contributed by atoms with Crippen molar-refractivity contribution in [1.29, 1.82) is 0 Å². The van der Waals surface area contributed by atoms with Gasteiger partial charge in [-0.1, -0.05) is 39.8 Å². The lowest BCUT2D eigenvalue weighted by Crippen LogP contribution is -2.68. The van der Waals surface area contributed by atoms with Gasteiger partial charge in [-0.05, 0) is 117 Å². The monoisotopic (exact) mass is 778 g/mol. The van der Waals surface area contributed by atoms with Crippen molar-refractivity contribution < 1.29 is 69.1 Å². The topological polar surface area (TPSA) is 230 Å². The molecular formula is C41H62O14. The molecule has 310 valence electrons. The molecule has 2 saturated heterocycles. The minimum absolute atomic E-state index is 0.0385. The Balaban J connectivity index is 1.16. The summed E-state index contributed by atoms with van der Waals surface area (Å²) in [6.45, 7) is 15.0. The quantitative estimate of drug-likeness (QED) is 0.107. The van der Waals surface area contributed by atoms with Crippen LogP contribution in [0.15, 0.2) is 12.2 Å². The molecule has 0 aromatic carbocycles. The molecule has 20 atom stereocenters. The zero-order valence-electron chi connectivity index (χ0n) is 32.7. The molecule has 0 spiro atoms. The van der Waals surface area contributed by atoms with Gasteiger partial charge in [-0.3, -0.25) is 4.79 Å². The first kappa shape index (κ1) is 41.2. The normalized spacial score (nSPS) is 54.9. The average Bonchev–Trinajstić information content (AvgIpc) is 3.54. The van der Waals surface area contributed by atoms with Gasteiger partial charge in [0.2, 0.25) is 0 Å². The number of hydrogen-bond acceptors (Lipinski definition) is 12. The van der Waals surface area contributed by atoms with Crippen molar-refractivity contribution in [2.24, 2.45) is 56.7 Å². The summed E-state index contributed by atoms with van der Waals surface area (Å²) in [7, 11) is 0. The summed E-state index contributed by atoms with van der Waals surface area (Å²) >= 11 is 0. The number of aliphatic carboxylic acids is 2. The predicted octanol–water partition coefficient (Wildman–Crippen LogP) is 2.65. The zero-order chi connectivity index (χ0) is 40.2. The molecule has 2 aliphatic heterocycles. The van der Waals surface area contributed by atoms with Crippen molar-refractivity contribution in [3.63, 3.8) is 0 Å². The first-order chi connectivity index (χ1) is 25.7. The SMILES string of the molecule is C=C(C)[C@@H]1CC[C@]2(C(=O)O)CC[C@]3(C)[C@H](CC[C@@H]4[C@@]5(C)CC[C@H](O[C@@H]6O[C@H](C(=O)O)[C@@H](O)[C@H](O)[C@H]6O[C@@H]6OC[C@@H](O)[C@H](O)[C@H]6O)[C@@](C)(C=O)C5CC[C@]43C)C12. The average molecular weight is 779 g/mol. The summed E-state index contributed by atoms with van der Waals surface area (Å²) in [5.41, 5.74) is -1.26. The second-order valence-corrected chi connectivity index (χ2v) is 19.4. The van der Waals surface area contributed by atoms with Crippen LogP contribution in [-0.2, 0) is 33.3 Å². The first-order valence-corrected chi connectivity index (χ1v) is 20.3. The highest BCUT2D eigenvalue weighted by atomic mass is 16.8. The lowest BCUT2D eigenvalue weighted by molar-refractivity contribution is -0.365. The van der Waals surface area contributed by atoms with E-state index in [4.69, 9.17) is 18.9 Å². The van der Waals surface area contributed by atoms with Crippen molar-refractivity contribution in [2.75, 3.05) is 6.61 Å². The van der Waals surface area contributed by atoms with E-state index in [-0.39, 0.29) is 45.8 Å². The third-order valence-electron chi connectivity index (χ3n) is 17.2. The zero-order valence-corrected chi connectivity index (χ0v) is 32.7. The van der Waals surface area contributed by atoms with Gasteiger partial charge < -0.3 is 59.5 Å². The van der Waals surface area contributed by atoms with Crippen LogP contribution in [0.25, 0.3) is 0 Å². The van der Waals surface area contributed by atoms with Gasteiger partial charge >= 0.3 is 11.9 Å². The Hall–Kier alpha value is -2.01. The van der Waals surface area contributed by atoms with Gasteiger partial charge in [0.25, 0.3) is 0 Å². The van der Waals surface area contributed by atoms with Crippen molar-refractivity contribution in [3.8, 4) is 0 Å². The number of carbonyl (C=O) groups excluding carboxylic acids is 1. The molecule has 55 heavy (non-hydrogen) atoms. The molecule has 0 radical (unpaired) electrons. The molecule has 5 aliphatic carbocycles. The maximum absolute atomic E-state index is 13.5. The predicted molar refractivity (Wildman–Crippen MR) is 193 cm³/mol. The summed E-state index contributed by atoms with van der Waals surface area (Å²) < 4.78 is 23.5. The second kappa shape index (κ2) is 14.1. The fourth-order valence-corrected chi connectivity index (χ4v) is 14.1. The molecule has 0 aromatic rings. The van der Waals surface area contributed by atoms with Crippen LogP contribution in [0.5, 0.6) is 0 Å². The summed E-state index contributed by atoms with van der Waals surface area (Å²) in [5, 5.41) is 73.2. The lowest BCUT2D eigenvalue weighted by atomic mass is 9.32. The number of rotatable bonds is 8. The van der Waals surface area contributed by atoms with Crippen LogP contribution in [-0.4, -0.2) is 122 Å². The number of carboxylic acid groups (broad SMARTS) is 2. The van der Waals surface area contributed by atoms with E-state index in [1.807, 2.05) is 6.92 Å². The van der Waals surface area contributed by atoms with Crippen LogP contribution in [0.1, 0.15) is 98.8 Å². The molecule has 2 unspecified atom stereocenters. The molecule has 0 amide bonds. The highest BCUT2D eigenvalue weighted by molar-refractivity contribution is 5.76. The Morgan fingerprint density at radius 1 is 0.764 bits per heavy atom. The number of aliphatic hydroxyl groups is 5. The molecule has 2 heterocycles. The van der Waals surface area contributed by atoms with Gasteiger partial charge in [0.15, 0.2) is 18.7 Å². The van der Waals surface area contributed by atoms with E-state index in [1.165, 1.54) is 0 Å². The van der Waals surface area contributed by atoms with E-state index in [0.29, 0.717) is 32.1 Å². The first-order valence-electron chi connectivity index (χ1n) is 20.3. The second-order valence-electron chi connectivity index (χ2n) is 19.4. The standard InChI is InChI=1S/C41H62O14/c1-19(2)20-9-14-41(36(50)51)16-15-39(5)21(26(20)41)7-8-24-37(3)12-11-25(38(4,18-42)23(37)10-13-40(24,39)6)53-35-32(29(46)28(45)31(54-35)33(48)49)55-34-30(47)27(44)22(43)17-52-34/h18,20-32,34-35,43-47H,1,7-17H2,2-6H3,(H,48,49)(H,50,51)/t20-,21+,22+,23?,24+,25-,26?,27-,28-,29-,30+,31-,32+,34-,35+,37-,38-,39+,40+,41-/m0/s1. The van der Waals surface area contributed by atoms with E-state index in [1.54, 1.807) is 0 Å². The van der Waals surface area contributed by atoms with Crippen molar-refractivity contribution in [3.05, 3.63) is 12.2 Å². The van der Waals surface area contributed by atoms with Crippen LogP contribution in [0.2, 0.25) is 0 Å². The number of carboxylic acids is 2. The van der Waals surface area contributed by atoms with Gasteiger partial charge in [0, 0.05) is 0 Å². The number of ether oxygens (including phenoxy) is 4. The van der Waals surface area contributed by atoms with Crippen molar-refractivity contribution in [1.82, 2.24) is 0 Å². The minimum Gasteiger partial charge on any atom is -0.481 e. The lowest BCUT2D eigenvalue weighted by Gasteiger charge is -2.72. The summed E-state index contributed by atoms with van der Waals surface area (Å²) in [6, 6.07) is 0. The fourth-order valence-electron chi connectivity index (χ4n) is 14.1. The van der Waals surface area contributed by atoms with Gasteiger partial charge in [-0.25, -0.2) is 4.79 Å². The third-order valence-corrected chi connectivity index (χ3v) is 17.2. The van der Waals surface area contributed by atoms with Crippen LogP contribution in [0, 0.1) is 56.7 Å². The number of allylic oxidation sites excluding steroid dienone is 1. The van der Waals surface area contributed by atoms with E-state index in [0.717, 1.165) is 44.0 Å². The molecule has 7 rings (SSSR count). The summed E-state index contributed by atoms with van der Waals surface area (Å²) in [4.78, 5) is 38.7. The highest BCUT2D eigenvalue weighted by Crippen LogP contribution is 2.77. The molecule has 7 fully saturated rings. The molecule has 7 N–H and O–H groups in total. The largest absolute Gasteiger partial charge is 0.481 e. The van der Waals surface area contributed by atoms with Gasteiger partial charge in [-0.15, -0.1) is 0 Å². The Bertz CT molecular complexity index is 1540. The van der Waals surface area contributed by atoms with Gasteiger partial charge in [0.1, 0.15) is 42.9 Å². The van der Waals surface area contributed by atoms with Crippen LogP contribution < -0.4 is 0 Å². The van der Waals surface area contributed by atoms with Crippen molar-refractivity contribution >= 4 is 18.2 Å². The molecule has 0 bridgehead atoms. The molecular weight excluding hydrogens is 716 g/mol. The Morgan fingerprint density at radius 3 is 2.11 bits per heavy atom. The number of hydrogen-bond donors (Lipinski definition) is 7. The van der Waals surface area contributed by atoms with Gasteiger partial charge in [-0.2, -0.15) is 0 Å². The van der Waals surface area contributed by atoms with E-state index in [9.17, 15) is 50.1 Å². The molecule has 5 saturated carbocycles. The summed E-state index contributed by atoms with van der Waals surface area (Å²) in [6.07, 6.45) is -7.73. The highest BCUT2D eigenvalue weighted by Gasteiger charge is 2.72. The van der Waals surface area contributed by atoms with E-state index < -0.39 is 90.8 Å². The maximum Gasteiger partial charge on any atom is 0.335 e. The van der Waals surface area contributed by atoms with Crippen LogP contribution in [0.3, 0.4) is 0 Å². The number of carbonyl (C=O) groups is 3. The number of aldehydes is 1. The molecule has 7 aliphatic rings. The van der Waals surface area contributed by atoms with Gasteiger partial charge in [0.05, 0.1) is 23.5 Å². The van der Waals surface area contributed by atoms with E-state index in [2.05, 4.69) is 34.3 Å². The number of fused-ring (bicyclic) bond motifs is 7. The molecule has 14 heteroatoms. The number of aliphatic hydroxyl groups excluding tert-OH is 5. The van der Waals surface area contributed by atoms with Crippen molar-refractivity contribution in [2.45, 2.75) is 160 Å². The Labute approximate surface area is 322 Å². The Morgan fingerprint density at radius 2 is 1.47 bits per heavy atom. The smallest absolute Gasteiger partial charge is 0.335 e. The molecule has 0 aromatic heterocycles. The van der Waals surface area contributed by atoms with Crippen LogP contribution >= 0.6 is 0 Å². The maximum atomic E-state index is 13.5. The minimum atomic E-state index is -1.95. The molecule has 14 nitrogen and oxygen atoms in total. The summed E-state index contributed by atoms with van der Waals surface area (Å²) in [5.74, 6) is -1.66. The van der Waals surface area contributed by atoms with Crippen LogP contribution in [0.4, 0.5) is 0 Å².